The smallest absolute Gasteiger partial charge is 0.337 e. The van der Waals surface area contributed by atoms with Gasteiger partial charge in [0.1, 0.15) is 5.65 Å². The summed E-state index contributed by atoms with van der Waals surface area (Å²) in [7, 11) is 0. The van der Waals surface area contributed by atoms with Crippen molar-refractivity contribution in [3.8, 4) is 0 Å². The zero-order valence-electron chi connectivity index (χ0n) is 13.7. The van der Waals surface area contributed by atoms with Gasteiger partial charge in [0.15, 0.2) is 0 Å². The third kappa shape index (κ3) is 2.63. The van der Waals surface area contributed by atoms with Crippen molar-refractivity contribution in [3.63, 3.8) is 0 Å². The maximum Gasteiger partial charge on any atom is 0.337 e. The van der Waals surface area contributed by atoms with Crippen LogP contribution in [0, 0.1) is 6.92 Å². The van der Waals surface area contributed by atoms with Crippen LogP contribution in [0.1, 0.15) is 39.2 Å². The Morgan fingerprint density at radius 2 is 2.08 bits per heavy atom. The lowest BCUT2D eigenvalue weighted by atomic mass is 10.1. The Kier molecular flexibility index (Phi) is 3.50. The second-order valence-corrected chi connectivity index (χ2v) is 6.28. The number of aromatic nitrogens is 2. The van der Waals surface area contributed by atoms with Gasteiger partial charge in [0, 0.05) is 11.8 Å². The first-order valence-corrected chi connectivity index (χ1v) is 8.09. The Morgan fingerprint density at radius 3 is 2.84 bits per heavy atom. The minimum atomic E-state index is -1.06. The summed E-state index contributed by atoms with van der Waals surface area (Å²) in [4.78, 5) is 28.5. The Labute approximate surface area is 143 Å². The van der Waals surface area contributed by atoms with Crippen LogP contribution in [0.5, 0.6) is 0 Å². The van der Waals surface area contributed by atoms with Gasteiger partial charge in [-0.2, -0.15) is 0 Å². The lowest BCUT2D eigenvalue weighted by Gasteiger charge is -2.06. The molecule has 0 atom stereocenters. The Bertz CT molecular complexity index is 1110. The van der Waals surface area contributed by atoms with Gasteiger partial charge in [-0.25, -0.2) is 9.78 Å². The molecule has 2 heterocycles. The van der Waals surface area contributed by atoms with Crippen LogP contribution in [-0.4, -0.2) is 20.5 Å². The SMILES string of the molecule is Cc1cccc(C=C2CCc3c2nc2ccc(C(=O)O)cn2c3=O)c1. The molecule has 5 heteroatoms. The first-order valence-electron chi connectivity index (χ1n) is 8.09. The van der Waals surface area contributed by atoms with Gasteiger partial charge < -0.3 is 5.11 Å². The summed E-state index contributed by atoms with van der Waals surface area (Å²) >= 11 is 0. The Hall–Kier alpha value is -3.21. The molecule has 0 amide bonds. The van der Waals surface area contributed by atoms with Gasteiger partial charge in [0.25, 0.3) is 5.56 Å². The monoisotopic (exact) mass is 332 g/mol. The number of carbonyl (C=O) groups is 1. The number of aromatic carboxylic acids is 1. The van der Waals surface area contributed by atoms with Crippen molar-refractivity contribution < 1.29 is 9.90 Å². The van der Waals surface area contributed by atoms with Crippen LogP contribution in [0.25, 0.3) is 17.3 Å². The van der Waals surface area contributed by atoms with E-state index in [1.54, 1.807) is 6.07 Å². The molecule has 0 spiro atoms. The highest BCUT2D eigenvalue weighted by atomic mass is 16.4. The molecule has 1 aromatic carbocycles. The van der Waals surface area contributed by atoms with Crippen LogP contribution in [0.15, 0.2) is 47.4 Å². The highest BCUT2D eigenvalue weighted by Crippen LogP contribution is 2.30. The third-order valence-electron chi connectivity index (χ3n) is 4.49. The van der Waals surface area contributed by atoms with Gasteiger partial charge in [0.05, 0.1) is 11.3 Å². The molecule has 2 aromatic heterocycles. The van der Waals surface area contributed by atoms with Gasteiger partial charge >= 0.3 is 5.97 Å². The molecule has 1 aliphatic rings. The van der Waals surface area contributed by atoms with E-state index in [2.05, 4.69) is 17.1 Å². The van der Waals surface area contributed by atoms with Gasteiger partial charge in [-0.05, 0) is 49.1 Å². The van der Waals surface area contributed by atoms with Crippen molar-refractivity contribution >= 4 is 23.3 Å². The van der Waals surface area contributed by atoms with Crippen LogP contribution in [-0.2, 0) is 6.42 Å². The zero-order valence-corrected chi connectivity index (χ0v) is 13.7. The molecule has 3 aromatic rings. The summed E-state index contributed by atoms with van der Waals surface area (Å²) in [6.07, 6.45) is 4.80. The van der Waals surface area contributed by atoms with Crippen molar-refractivity contribution in [1.82, 2.24) is 9.38 Å². The fourth-order valence-corrected chi connectivity index (χ4v) is 3.27. The second kappa shape index (κ2) is 5.70. The summed E-state index contributed by atoms with van der Waals surface area (Å²) in [5.74, 6) is -1.06. The molecule has 0 saturated carbocycles. The number of hydrogen-bond acceptors (Lipinski definition) is 3. The van der Waals surface area contributed by atoms with Gasteiger partial charge in [-0.15, -0.1) is 0 Å². The number of allylic oxidation sites excluding steroid dienone is 1. The molecule has 1 N–H and O–H groups in total. The van der Waals surface area contributed by atoms with E-state index in [-0.39, 0.29) is 11.1 Å². The van der Waals surface area contributed by atoms with Crippen molar-refractivity contribution in [2.45, 2.75) is 19.8 Å². The molecule has 0 bridgehead atoms. The molecule has 4 rings (SSSR count). The van der Waals surface area contributed by atoms with E-state index in [0.29, 0.717) is 17.6 Å². The summed E-state index contributed by atoms with van der Waals surface area (Å²) in [6.45, 7) is 2.04. The van der Waals surface area contributed by atoms with Crippen molar-refractivity contribution in [3.05, 3.63) is 80.9 Å². The maximum absolute atomic E-state index is 12.8. The third-order valence-corrected chi connectivity index (χ3v) is 4.49. The number of fused-ring (bicyclic) bond motifs is 2. The minimum Gasteiger partial charge on any atom is -0.478 e. The van der Waals surface area contributed by atoms with Crippen LogP contribution < -0.4 is 5.56 Å². The number of rotatable bonds is 2. The molecule has 0 aliphatic heterocycles. The average Bonchev–Trinajstić information content (AvgIpc) is 2.98. The molecule has 124 valence electrons. The number of carboxylic acid groups (broad SMARTS) is 1. The Morgan fingerprint density at radius 1 is 1.24 bits per heavy atom. The number of hydrogen-bond donors (Lipinski definition) is 1. The molecule has 1 aliphatic carbocycles. The van der Waals surface area contributed by atoms with Gasteiger partial charge in [-0.3, -0.25) is 9.20 Å². The summed E-state index contributed by atoms with van der Waals surface area (Å²) < 4.78 is 1.33. The summed E-state index contributed by atoms with van der Waals surface area (Å²) in [6, 6.07) is 11.2. The molecule has 25 heavy (non-hydrogen) atoms. The average molecular weight is 332 g/mol. The van der Waals surface area contributed by atoms with E-state index in [9.17, 15) is 9.59 Å². The number of benzene rings is 1. The summed E-state index contributed by atoms with van der Waals surface area (Å²) in [5.41, 5.74) is 5.05. The second-order valence-electron chi connectivity index (χ2n) is 6.28. The summed E-state index contributed by atoms with van der Waals surface area (Å²) in [5, 5.41) is 9.11. The molecule has 0 radical (unpaired) electrons. The van der Waals surface area contributed by atoms with E-state index >= 15 is 0 Å². The topological polar surface area (TPSA) is 71.7 Å². The fraction of sp³-hybridized carbons (Fsp3) is 0.150. The van der Waals surface area contributed by atoms with Gasteiger partial charge in [0.2, 0.25) is 0 Å². The van der Waals surface area contributed by atoms with Crippen LogP contribution in [0.4, 0.5) is 0 Å². The Balaban J connectivity index is 1.88. The quantitative estimate of drug-likeness (QED) is 0.782. The van der Waals surface area contributed by atoms with Crippen LogP contribution in [0.2, 0.25) is 0 Å². The molecular formula is C20H16N2O3. The van der Waals surface area contributed by atoms with E-state index in [0.717, 1.165) is 23.3 Å². The van der Waals surface area contributed by atoms with E-state index in [1.165, 1.54) is 22.2 Å². The van der Waals surface area contributed by atoms with E-state index < -0.39 is 5.97 Å². The van der Waals surface area contributed by atoms with Crippen molar-refractivity contribution in [2.24, 2.45) is 0 Å². The highest BCUT2D eigenvalue weighted by molar-refractivity contribution is 5.88. The molecule has 0 fully saturated rings. The van der Waals surface area contributed by atoms with Crippen molar-refractivity contribution in [2.75, 3.05) is 0 Å². The van der Waals surface area contributed by atoms with Crippen molar-refractivity contribution in [1.29, 1.82) is 0 Å². The fourth-order valence-electron chi connectivity index (χ4n) is 3.27. The molecule has 5 nitrogen and oxygen atoms in total. The molecule has 0 unspecified atom stereocenters. The normalized spacial score (nSPS) is 14.8. The first kappa shape index (κ1) is 15.3. The highest BCUT2D eigenvalue weighted by Gasteiger charge is 2.23. The van der Waals surface area contributed by atoms with E-state index in [4.69, 9.17) is 5.11 Å². The zero-order chi connectivity index (χ0) is 17.6. The van der Waals surface area contributed by atoms with Crippen LogP contribution in [0.3, 0.4) is 0 Å². The predicted octanol–water partition coefficient (Wildman–Crippen LogP) is 3.19. The number of nitrogens with zero attached hydrogens (tertiary/aromatic N) is 2. The predicted molar refractivity (Wildman–Crippen MR) is 95.8 cm³/mol. The number of pyridine rings is 1. The van der Waals surface area contributed by atoms with Gasteiger partial charge in [-0.1, -0.05) is 29.8 Å². The molecular weight excluding hydrogens is 316 g/mol. The maximum atomic E-state index is 12.8. The van der Waals surface area contributed by atoms with Crippen LogP contribution >= 0.6 is 0 Å². The molecule has 0 saturated heterocycles. The first-order chi connectivity index (χ1) is 12.0. The standard InChI is InChI=1S/C20H16N2O3/c1-12-3-2-4-13(9-12)10-14-5-7-16-18(14)21-17-8-6-15(20(24)25)11-22(17)19(16)23/h2-4,6,8-11H,5,7H2,1H3,(H,24,25). The lowest BCUT2D eigenvalue weighted by molar-refractivity contribution is 0.0696. The van der Waals surface area contributed by atoms with E-state index in [1.807, 2.05) is 25.1 Å². The minimum absolute atomic E-state index is 0.0740. The largest absolute Gasteiger partial charge is 0.478 e. The lowest BCUT2D eigenvalue weighted by Crippen LogP contribution is -2.20. The number of aryl methyl sites for hydroxylation is 1. The number of carboxylic acids is 1.